The first-order valence-electron chi connectivity index (χ1n) is 14.0. The number of aliphatic hydroxyl groups excluding tert-OH is 2. The Labute approximate surface area is 192 Å². The monoisotopic (exact) mass is 430 g/mol. The van der Waals surface area contributed by atoms with Crippen LogP contribution in [0.5, 0.6) is 0 Å². The van der Waals surface area contributed by atoms with E-state index < -0.39 is 0 Å². The molecule has 11 atom stereocenters. The van der Waals surface area contributed by atoms with E-state index in [1.54, 1.807) is 0 Å². The van der Waals surface area contributed by atoms with Gasteiger partial charge in [-0.05, 0) is 115 Å². The largest absolute Gasteiger partial charge is 0.396 e. The molecule has 31 heavy (non-hydrogen) atoms. The van der Waals surface area contributed by atoms with E-state index in [1.807, 2.05) is 0 Å². The number of fused-ring (bicyclic) bond motifs is 7. The van der Waals surface area contributed by atoms with Gasteiger partial charge in [0.2, 0.25) is 0 Å². The van der Waals surface area contributed by atoms with Crippen LogP contribution in [0.1, 0.15) is 112 Å². The van der Waals surface area contributed by atoms with Crippen molar-refractivity contribution < 1.29 is 10.2 Å². The molecule has 2 nitrogen and oxygen atoms in total. The Morgan fingerprint density at radius 2 is 1.58 bits per heavy atom. The lowest BCUT2D eigenvalue weighted by Crippen LogP contribution is -2.66. The van der Waals surface area contributed by atoms with Gasteiger partial charge in [0.05, 0.1) is 6.10 Å². The van der Waals surface area contributed by atoms with Crippen molar-refractivity contribution in [2.45, 2.75) is 118 Å². The summed E-state index contributed by atoms with van der Waals surface area (Å²) in [7, 11) is 0. The number of hydrogen-bond donors (Lipinski definition) is 2. The molecule has 5 aliphatic carbocycles. The van der Waals surface area contributed by atoms with Crippen molar-refractivity contribution in [1.29, 1.82) is 0 Å². The third kappa shape index (κ3) is 2.82. The zero-order valence-electron chi connectivity index (χ0n) is 21.1. The van der Waals surface area contributed by atoms with Crippen molar-refractivity contribution in [3.63, 3.8) is 0 Å². The average Bonchev–Trinajstić information content (AvgIpc) is 2.76. The number of rotatable bonds is 2. The van der Waals surface area contributed by atoms with Crippen LogP contribution in [0.3, 0.4) is 0 Å². The van der Waals surface area contributed by atoms with E-state index in [2.05, 4.69) is 34.6 Å². The smallest absolute Gasteiger partial charge is 0.0568 e. The second-order valence-electron chi connectivity index (χ2n) is 13.8. The Morgan fingerprint density at radius 3 is 2.29 bits per heavy atom. The summed E-state index contributed by atoms with van der Waals surface area (Å²) >= 11 is 0. The summed E-state index contributed by atoms with van der Waals surface area (Å²) in [4.78, 5) is 0. The standard InChI is InChI=1S/C29H50O2/c1-6-20-8-7-13-29(18-30)17-16-27(4)22(25(20)29)9-10-24-26(3)14-12-23(31)19(2)21(26)11-15-28(24,27)5/h19-25,30-31H,6-18H2,1-5H3/t19-,20?,21?,22?,23+,24?,25?,26+,27-,28-,29-/m1/s1. The fourth-order valence-corrected chi connectivity index (χ4v) is 11.5. The zero-order valence-corrected chi connectivity index (χ0v) is 21.1. The molecule has 0 heterocycles. The molecule has 0 aromatic heterocycles. The van der Waals surface area contributed by atoms with Crippen LogP contribution < -0.4 is 0 Å². The second kappa shape index (κ2) is 7.46. The van der Waals surface area contributed by atoms with Gasteiger partial charge in [-0.2, -0.15) is 0 Å². The van der Waals surface area contributed by atoms with Crippen LogP contribution >= 0.6 is 0 Å². The van der Waals surface area contributed by atoms with Crippen LogP contribution in [-0.2, 0) is 0 Å². The summed E-state index contributed by atoms with van der Waals surface area (Å²) in [6.45, 7) is 13.2. The molecule has 0 amide bonds. The molecule has 0 spiro atoms. The van der Waals surface area contributed by atoms with E-state index in [1.165, 1.54) is 70.6 Å². The lowest BCUT2D eigenvalue weighted by atomic mass is 9.32. The van der Waals surface area contributed by atoms with E-state index >= 15 is 0 Å². The normalized spacial score (nSPS) is 59.1. The topological polar surface area (TPSA) is 40.5 Å². The highest BCUT2D eigenvalue weighted by atomic mass is 16.3. The molecule has 0 bridgehead atoms. The molecular formula is C29H50O2. The van der Waals surface area contributed by atoms with Crippen LogP contribution in [0.4, 0.5) is 0 Å². The molecule has 0 aromatic rings. The summed E-state index contributed by atoms with van der Waals surface area (Å²) in [6, 6.07) is 0. The highest BCUT2D eigenvalue weighted by molar-refractivity contribution is 5.17. The van der Waals surface area contributed by atoms with Crippen molar-refractivity contribution in [1.82, 2.24) is 0 Å². The first kappa shape index (κ1) is 22.7. The third-order valence-corrected chi connectivity index (χ3v) is 13.4. The minimum Gasteiger partial charge on any atom is -0.396 e. The lowest BCUT2D eigenvalue weighted by Gasteiger charge is -2.73. The van der Waals surface area contributed by atoms with Gasteiger partial charge in [0.1, 0.15) is 0 Å². The molecule has 5 saturated carbocycles. The molecular weight excluding hydrogens is 380 g/mol. The minimum atomic E-state index is -0.0817. The van der Waals surface area contributed by atoms with E-state index in [4.69, 9.17) is 0 Å². The van der Waals surface area contributed by atoms with Gasteiger partial charge in [0.25, 0.3) is 0 Å². The van der Waals surface area contributed by atoms with Gasteiger partial charge in [-0.1, -0.05) is 53.9 Å². The summed E-state index contributed by atoms with van der Waals surface area (Å²) in [5, 5.41) is 21.3. The highest BCUT2D eigenvalue weighted by Crippen LogP contribution is 2.76. The molecule has 0 aromatic carbocycles. The van der Waals surface area contributed by atoms with Gasteiger partial charge in [0.15, 0.2) is 0 Å². The molecule has 5 rings (SSSR count). The van der Waals surface area contributed by atoms with Crippen LogP contribution in [0, 0.1) is 57.2 Å². The molecule has 178 valence electrons. The molecule has 2 N–H and O–H groups in total. The Kier molecular flexibility index (Phi) is 5.46. The van der Waals surface area contributed by atoms with E-state index in [-0.39, 0.29) is 11.5 Å². The van der Waals surface area contributed by atoms with Crippen molar-refractivity contribution in [2.24, 2.45) is 57.2 Å². The van der Waals surface area contributed by atoms with Crippen LogP contribution in [0.15, 0.2) is 0 Å². The molecule has 0 radical (unpaired) electrons. The first-order chi connectivity index (χ1) is 14.7. The maximum absolute atomic E-state index is 10.7. The minimum absolute atomic E-state index is 0.0817. The van der Waals surface area contributed by atoms with Crippen molar-refractivity contribution in [2.75, 3.05) is 6.61 Å². The Hall–Kier alpha value is -0.0800. The summed E-state index contributed by atoms with van der Waals surface area (Å²) < 4.78 is 0. The van der Waals surface area contributed by atoms with Gasteiger partial charge < -0.3 is 10.2 Å². The van der Waals surface area contributed by atoms with Gasteiger partial charge >= 0.3 is 0 Å². The molecule has 5 fully saturated rings. The SMILES string of the molecule is CCC1CCC[C@]2(CO)CC[C@]3(C)C(CCC4[C@@]5(C)CC[C@H](O)[C@H](C)C5CC[C@]43C)C12. The number of aliphatic hydroxyl groups is 2. The van der Waals surface area contributed by atoms with E-state index in [0.29, 0.717) is 34.7 Å². The fourth-order valence-electron chi connectivity index (χ4n) is 11.5. The Bertz CT molecular complexity index is 690. The fraction of sp³-hybridized carbons (Fsp3) is 1.00. The predicted molar refractivity (Wildman–Crippen MR) is 128 cm³/mol. The second-order valence-corrected chi connectivity index (χ2v) is 13.8. The highest BCUT2D eigenvalue weighted by Gasteiger charge is 2.69. The molecule has 0 saturated heterocycles. The summed E-state index contributed by atoms with van der Waals surface area (Å²) in [6.07, 6.45) is 15.5. The van der Waals surface area contributed by atoms with Gasteiger partial charge in [-0.25, -0.2) is 0 Å². The van der Waals surface area contributed by atoms with Crippen molar-refractivity contribution >= 4 is 0 Å². The maximum atomic E-state index is 10.7. The van der Waals surface area contributed by atoms with Gasteiger partial charge in [-0.15, -0.1) is 0 Å². The molecule has 5 unspecified atom stereocenters. The first-order valence-corrected chi connectivity index (χ1v) is 14.0. The van der Waals surface area contributed by atoms with Crippen LogP contribution in [0.2, 0.25) is 0 Å². The van der Waals surface area contributed by atoms with Gasteiger partial charge in [-0.3, -0.25) is 0 Å². The van der Waals surface area contributed by atoms with Crippen molar-refractivity contribution in [3.05, 3.63) is 0 Å². The van der Waals surface area contributed by atoms with Crippen LogP contribution in [0.25, 0.3) is 0 Å². The van der Waals surface area contributed by atoms with Crippen molar-refractivity contribution in [3.8, 4) is 0 Å². The summed E-state index contributed by atoms with van der Waals surface area (Å²) in [5.74, 6) is 4.33. The van der Waals surface area contributed by atoms with Crippen LogP contribution in [-0.4, -0.2) is 22.9 Å². The Morgan fingerprint density at radius 1 is 0.806 bits per heavy atom. The zero-order chi connectivity index (χ0) is 22.2. The maximum Gasteiger partial charge on any atom is 0.0568 e. The quantitative estimate of drug-likeness (QED) is 0.504. The predicted octanol–water partition coefficient (Wildman–Crippen LogP) is 6.83. The number of hydrogen-bond acceptors (Lipinski definition) is 2. The summed E-state index contributed by atoms with van der Waals surface area (Å²) in [5.41, 5.74) is 1.45. The molecule has 5 aliphatic rings. The van der Waals surface area contributed by atoms with E-state index in [0.717, 1.165) is 30.1 Å². The third-order valence-electron chi connectivity index (χ3n) is 13.4. The molecule has 2 heteroatoms. The van der Waals surface area contributed by atoms with Gasteiger partial charge in [0, 0.05) is 6.61 Å². The average molecular weight is 431 g/mol. The molecule has 0 aliphatic heterocycles. The Balaban J connectivity index is 1.53. The lowest BCUT2D eigenvalue weighted by molar-refractivity contribution is -0.249. The van der Waals surface area contributed by atoms with E-state index in [9.17, 15) is 10.2 Å².